The number of halogens is 1. The molecule has 1 aromatic carbocycles. The van der Waals surface area contributed by atoms with E-state index in [2.05, 4.69) is 4.99 Å². The van der Waals surface area contributed by atoms with E-state index in [-0.39, 0.29) is 33.8 Å². The molecule has 0 aliphatic carbocycles. The summed E-state index contributed by atoms with van der Waals surface area (Å²) >= 11 is 6.27. The summed E-state index contributed by atoms with van der Waals surface area (Å²) in [6.07, 6.45) is 3.15. The molecule has 0 aliphatic rings. The van der Waals surface area contributed by atoms with Gasteiger partial charge in [-0.05, 0) is 38.8 Å². The minimum Gasteiger partial charge on any atom is -0.512 e. The van der Waals surface area contributed by atoms with Crippen molar-refractivity contribution in [1.82, 2.24) is 0 Å². The van der Waals surface area contributed by atoms with Crippen molar-refractivity contribution in [3.63, 3.8) is 0 Å². The molecular weight excluding hydrogens is 354 g/mol. The number of Topliss-reactive ketones (excluding diaryl/α,β-unsaturated/α-hetero) is 1. The van der Waals surface area contributed by atoms with Gasteiger partial charge in [0.1, 0.15) is 5.76 Å². The van der Waals surface area contributed by atoms with E-state index < -0.39 is 5.97 Å². The van der Waals surface area contributed by atoms with Crippen LogP contribution in [0.1, 0.15) is 63.7 Å². The predicted molar refractivity (Wildman–Crippen MR) is 105 cm³/mol. The Morgan fingerprint density at radius 2 is 1.88 bits per heavy atom. The van der Waals surface area contributed by atoms with E-state index in [0.29, 0.717) is 31.4 Å². The monoisotopic (exact) mass is 379 g/mol. The largest absolute Gasteiger partial charge is 0.512 e. The molecule has 0 unspecified atom stereocenters. The van der Waals surface area contributed by atoms with Crippen LogP contribution in [0.5, 0.6) is 0 Å². The molecule has 1 rings (SSSR count). The van der Waals surface area contributed by atoms with Crippen molar-refractivity contribution in [3.8, 4) is 0 Å². The lowest BCUT2D eigenvalue weighted by molar-refractivity contribution is -0.115. The SMILES string of the molecule is CCCC(=O)C(C=Nc1cccc(C(=O)OC(C)C)c1Cl)=C(O)CCC. The number of nitrogens with zero attached hydrogens (tertiary/aromatic N) is 1. The highest BCUT2D eigenvalue weighted by Gasteiger charge is 2.16. The molecule has 26 heavy (non-hydrogen) atoms. The van der Waals surface area contributed by atoms with Crippen molar-refractivity contribution in [2.45, 2.75) is 59.5 Å². The van der Waals surface area contributed by atoms with Crippen molar-refractivity contribution in [2.75, 3.05) is 0 Å². The standard InChI is InChI=1S/C20H26ClNO4/c1-5-8-17(23)15(18(24)9-6-2)12-22-16-11-7-10-14(19(16)21)20(25)26-13(3)4/h7,10-13,23H,5-6,8-9H2,1-4H3. The molecule has 0 radical (unpaired) electrons. The number of rotatable bonds is 9. The zero-order valence-corrected chi connectivity index (χ0v) is 16.5. The summed E-state index contributed by atoms with van der Waals surface area (Å²) in [5.41, 5.74) is 0.717. The summed E-state index contributed by atoms with van der Waals surface area (Å²) in [7, 11) is 0. The maximum Gasteiger partial charge on any atom is 0.339 e. The van der Waals surface area contributed by atoms with Gasteiger partial charge in [0.05, 0.1) is 28.0 Å². The summed E-state index contributed by atoms with van der Waals surface area (Å²) in [5, 5.41) is 10.3. The first kappa shape index (κ1) is 21.9. The van der Waals surface area contributed by atoms with E-state index in [1.165, 1.54) is 6.21 Å². The van der Waals surface area contributed by atoms with Crippen molar-refractivity contribution < 1.29 is 19.4 Å². The van der Waals surface area contributed by atoms with Gasteiger partial charge in [0, 0.05) is 19.1 Å². The van der Waals surface area contributed by atoms with Gasteiger partial charge in [-0.15, -0.1) is 0 Å². The third-order valence-electron chi connectivity index (χ3n) is 3.45. The topological polar surface area (TPSA) is 76.0 Å². The summed E-state index contributed by atoms with van der Waals surface area (Å²) in [6, 6.07) is 4.82. The molecule has 0 spiro atoms. The fourth-order valence-corrected chi connectivity index (χ4v) is 2.48. The number of esters is 1. The van der Waals surface area contributed by atoms with Crippen LogP contribution in [0.4, 0.5) is 5.69 Å². The molecule has 0 amide bonds. The minimum absolute atomic E-state index is 0.0150. The Labute approximate surface area is 159 Å². The first-order valence-corrected chi connectivity index (χ1v) is 9.18. The van der Waals surface area contributed by atoms with Gasteiger partial charge >= 0.3 is 5.97 Å². The van der Waals surface area contributed by atoms with Gasteiger partial charge in [0.15, 0.2) is 5.78 Å². The Kier molecular flexibility index (Phi) is 9.07. The molecule has 0 aliphatic heterocycles. The highest BCUT2D eigenvalue weighted by Crippen LogP contribution is 2.29. The van der Waals surface area contributed by atoms with E-state index in [1.54, 1.807) is 32.0 Å². The van der Waals surface area contributed by atoms with Crippen LogP contribution < -0.4 is 0 Å². The lowest BCUT2D eigenvalue weighted by Crippen LogP contribution is -2.12. The fourth-order valence-electron chi connectivity index (χ4n) is 2.23. The number of ketones is 1. The molecular formula is C20H26ClNO4. The number of ether oxygens (including phenoxy) is 1. The number of hydrogen-bond acceptors (Lipinski definition) is 5. The number of carbonyl (C=O) groups is 2. The molecule has 0 saturated carbocycles. The third-order valence-corrected chi connectivity index (χ3v) is 3.85. The third kappa shape index (κ3) is 6.30. The van der Waals surface area contributed by atoms with Crippen molar-refractivity contribution in [2.24, 2.45) is 4.99 Å². The van der Waals surface area contributed by atoms with Crippen molar-refractivity contribution >= 4 is 35.3 Å². The van der Waals surface area contributed by atoms with Crippen LogP contribution in [0, 0.1) is 0 Å². The molecule has 1 aromatic rings. The predicted octanol–water partition coefficient (Wildman–Crippen LogP) is 5.59. The highest BCUT2D eigenvalue weighted by molar-refractivity contribution is 6.36. The second-order valence-corrected chi connectivity index (χ2v) is 6.51. The smallest absolute Gasteiger partial charge is 0.339 e. The summed E-state index contributed by atoms with van der Waals surface area (Å²) in [4.78, 5) is 28.6. The van der Waals surface area contributed by atoms with Crippen LogP contribution in [0.25, 0.3) is 0 Å². The molecule has 0 atom stereocenters. The van der Waals surface area contributed by atoms with Crippen LogP contribution >= 0.6 is 11.6 Å². The Morgan fingerprint density at radius 3 is 2.46 bits per heavy atom. The lowest BCUT2D eigenvalue weighted by Gasteiger charge is -2.10. The van der Waals surface area contributed by atoms with Crippen LogP contribution in [-0.4, -0.2) is 29.2 Å². The minimum atomic E-state index is -0.534. The Morgan fingerprint density at radius 1 is 1.23 bits per heavy atom. The number of aliphatic hydroxyl groups excluding tert-OH is 1. The zero-order valence-electron chi connectivity index (χ0n) is 15.7. The van der Waals surface area contributed by atoms with Crippen LogP contribution in [0.3, 0.4) is 0 Å². The second kappa shape index (κ2) is 10.8. The lowest BCUT2D eigenvalue weighted by atomic mass is 10.0. The molecule has 1 N–H and O–H groups in total. The average molecular weight is 380 g/mol. The first-order chi connectivity index (χ1) is 12.3. The summed E-state index contributed by atoms with van der Waals surface area (Å²) < 4.78 is 5.16. The van der Waals surface area contributed by atoms with Gasteiger partial charge in [-0.25, -0.2) is 4.79 Å². The molecule has 6 heteroatoms. The van der Waals surface area contributed by atoms with Crippen LogP contribution in [0.2, 0.25) is 5.02 Å². The van der Waals surface area contributed by atoms with Crippen molar-refractivity contribution in [1.29, 1.82) is 0 Å². The Hall–Kier alpha value is -2.14. The summed E-state index contributed by atoms with van der Waals surface area (Å²) in [5.74, 6) is -0.691. The second-order valence-electron chi connectivity index (χ2n) is 6.13. The summed E-state index contributed by atoms with van der Waals surface area (Å²) in [6.45, 7) is 7.31. The maximum absolute atomic E-state index is 12.2. The van der Waals surface area contributed by atoms with Crippen LogP contribution in [0.15, 0.2) is 34.5 Å². The van der Waals surface area contributed by atoms with E-state index >= 15 is 0 Å². The number of aliphatic hydroxyl groups is 1. The molecule has 0 fully saturated rings. The number of aliphatic imine (C=N–C) groups is 1. The number of hydrogen-bond donors (Lipinski definition) is 1. The van der Waals surface area contributed by atoms with Gasteiger partial charge in [-0.2, -0.15) is 0 Å². The molecule has 0 saturated heterocycles. The van der Waals surface area contributed by atoms with E-state index in [0.717, 1.165) is 0 Å². The molecule has 142 valence electrons. The number of allylic oxidation sites excluding steroid dienone is 2. The van der Waals surface area contributed by atoms with Crippen LogP contribution in [-0.2, 0) is 9.53 Å². The van der Waals surface area contributed by atoms with Gasteiger partial charge in [0.25, 0.3) is 0 Å². The van der Waals surface area contributed by atoms with Gasteiger partial charge < -0.3 is 9.84 Å². The normalized spacial score (nSPS) is 12.4. The average Bonchev–Trinajstić information content (AvgIpc) is 2.56. The Bertz CT molecular complexity index is 708. The molecule has 0 heterocycles. The first-order valence-electron chi connectivity index (χ1n) is 8.80. The quantitative estimate of drug-likeness (QED) is 0.262. The van der Waals surface area contributed by atoms with Gasteiger partial charge in [0.2, 0.25) is 0 Å². The molecule has 0 aromatic heterocycles. The van der Waals surface area contributed by atoms with Gasteiger partial charge in [-0.3, -0.25) is 9.79 Å². The molecule has 0 bridgehead atoms. The van der Waals surface area contributed by atoms with E-state index in [9.17, 15) is 14.7 Å². The van der Waals surface area contributed by atoms with E-state index in [1.807, 2.05) is 13.8 Å². The zero-order chi connectivity index (χ0) is 19.7. The Balaban J connectivity index is 3.20. The van der Waals surface area contributed by atoms with E-state index in [4.69, 9.17) is 16.3 Å². The maximum atomic E-state index is 12.2. The number of carbonyl (C=O) groups excluding carboxylic acids is 2. The molecule has 5 nitrogen and oxygen atoms in total. The fraction of sp³-hybridized carbons (Fsp3) is 0.450. The highest BCUT2D eigenvalue weighted by atomic mass is 35.5. The van der Waals surface area contributed by atoms with Gasteiger partial charge in [-0.1, -0.05) is 31.5 Å². The van der Waals surface area contributed by atoms with Crippen molar-refractivity contribution in [3.05, 3.63) is 40.1 Å². The number of benzene rings is 1.